The van der Waals surface area contributed by atoms with Crippen LogP contribution in [-0.4, -0.2) is 34.2 Å². The van der Waals surface area contributed by atoms with Gasteiger partial charge in [0.25, 0.3) is 0 Å². The molecule has 5 nitrogen and oxygen atoms in total. The average molecular weight is 443 g/mol. The molecule has 3 aromatic rings. The Bertz CT molecular complexity index is 1050. The molecular formula is C20H19F6N5. The maximum absolute atomic E-state index is 13.3. The van der Waals surface area contributed by atoms with Gasteiger partial charge in [0.1, 0.15) is 5.82 Å². The Morgan fingerprint density at radius 2 is 1.58 bits per heavy atom. The fourth-order valence-electron chi connectivity index (χ4n) is 3.91. The van der Waals surface area contributed by atoms with Crippen LogP contribution in [0.15, 0.2) is 42.5 Å². The van der Waals surface area contributed by atoms with E-state index in [-0.39, 0.29) is 17.8 Å². The summed E-state index contributed by atoms with van der Waals surface area (Å²) >= 11 is 0. The third-order valence-corrected chi connectivity index (χ3v) is 5.56. The maximum atomic E-state index is 13.3. The Morgan fingerprint density at radius 3 is 2.19 bits per heavy atom. The van der Waals surface area contributed by atoms with Gasteiger partial charge in [-0.2, -0.15) is 36.0 Å². The summed E-state index contributed by atoms with van der Waals surface area (Å²) in [5.74, 6) is -0.193. The summed E-state index contributed by atoms with van der Waals surface area (Å²) in [5, 5.41) is 9.65. The number of nitrogens with zero attached hydrogens (tertiary/aromatic N) is 3. The Labute approximate surface area is 173 Å². The van der Waals surface area contributed by atoms with Crippen molar-refractivity contribution in [3.8, 4) is 0 Å². The Hall–Kier alpha value is -2.82. The van der Waals surface area contributed by atoms with Gasteiger partial charge in [0.15, 0.2) is 17.0 Å². The monoisotopic (exact) mass is 443 g/mol. The first-order valence-electron chi connectivity index (χ1n) is 9.64. The summed E-state index contributed by atoms with van der Waals surface area (Å²) in [6, 6.07) is 10.7. The fourth-order valence-corrected chi connectivity index (χ4v) is 3.91. The molecule has 2 aromatic heterocycles. The summed E-state index contributed by atoms with van der Waals surface area (Å²) in [6.07, 6.45) is -8.18. The van der Waals surface area contributed by atoms with Crippen LogP contribution in [0.2, 0.25) is 0 Å². The van der Waals surface area contributed by atoms with Gasteiger partial charge in [-0.25, -0.2) is 4.98 Å². The minimum atomic E-state index is -4.81. The first kappa shape index (κ1) is 21.4. The summed E-state index contributed by atoms with van der Waals surface area (Å²) in [4.78, 5) is 3.34. The lowest BCUT2D eigenvalue weighted by Gasteiger charge is -2.38. The van der Waals surface area contributed by atoms with E-state index in [9.17, 15) is 26.3 Å². The molecule has 1 saturated heterocycles. The van der Waals surface area contributed by atoms with E-state index < -0.39 is 29.4 Å². The molecule has 0 spiro atoms. The molecule has 0 bridgehead atoms. The van der Waals surface area contributed by atoms with E-state index in [1.807, 2.05) is 30.3 Å². The van der Waals surface area contributed by atoms with Crippen LogP contribution >= 0.6 is 0 Å². The fraction of sp³-hybridized carbons (Fsp3) is 0.400. The molecule has 31 heavy (non-hydrogen) atoms. The summed E-state index contributed by atoms with van der Waals surface area (Å²) in [7, 11) is 0. The molecule has 3 heterocycles. The number of alkyl halides is 6. The topological polar surface area (TPSA) is 54.2 Å². The highest BCUT2D eigenvalue weighted by Crippen LogP contribution is 2.36. The van der Waals surface area contributed by atoms with Gasteiger partial charge in [-0.15, -0.1) is 0 Å². The zero-order chi connectivity index (χ0) is 22.3. The molecule has 0 amide bonds. The molecule has 0 atom stereocenters. The number of benzene rings is 1. The molecule has 1 aliphatic heterocycles. The van der Waals surface area contributed by atoms with Crippen LogP contribution in [0.1, 0.15) is 29.8 Å². The van der Waals surface area contributed by atoms with Crippen LogP contribution in [0.4, 0.5) is 32.2 Å². The van der Waals surface area contributed by atoms with E-state index in [1.54, 1.807) is 0 Å². The lowest BCUT2D eigenvalue weighted by Crippen LogP contribution is -2.44. The highest BCUT2D eigenvalue weighted by molar-refractivity contribution is 5.52. The molecule has 1 fully saturated rings. The van der Waals surface area contributed by atoms with Gasteiger partial charge in [0.05, 0.1) is 0 Å². The summed E-state index contributed by atoms with van der Waals surface area (Å²) in [5.41, 5.74) is -2.48. The predicted molar refractivity (Wildman–Crippen MR) is 102 cm³/mol. The van der Waals surface area contributed by atoms with E-state index in [0.29, 0.717) is 12.1 Å². The number of hydrogen-bond acceptors (Lipinski definition) is 4. The van der Waals surface area contributed by atoms with Crippen molar-refractivity contribution in [3.05, 3.63) is 59.4 Å². The van der Waals surface area contributed by atoms with Crippen LogP contribution in [0, 0.1) is 0 Å². The first-order valence-corrected chi connectivity index (χ1v) is 9.64. The number of anilines is 1. The van der Waals surface area contributed by atoms with Crippen LogP contribution in [0.25, 0.3) is 5.65 Å². The molecule has 166 valence electrons. The quantitative estimate of drug-likeness (QED) is 0.583. The number of hydrogen-bond donors (Lipinski definition) is 2. The highest BCUT2D eigenvalue weighted by Gasteiger charge is 2.38. The van der Waals surface area contributed by atoms with E-state index >= 15 is 0 Å². The van der Waals surface area contributed by atoms with Crippen LogP contribution < -0.4 is 10.6 Å². The van der Waals surface area contributed by atoms with Gasteiger partial charge >= 0.3 is 12.4 Å². The van der Waals surface area contributed by atoms with Crippen molar-refractivity contribution in [3.63, 3.8) is 0 Å². The predicted octanol–water partition coefficient (Wildman–Crippen LogP) is 4.50. The molecule has 11 heteroatoms. The van der Waals surface area contributed by atoms with Gasteiger partial charge in [-0.1, -0.05) is 30.3 Å². The molecule has 4 rings (SSSR count). The molecule has 1 aliphatic rings. The third-order valence-electron chi connectivity index (χ3n) is 5.56. The second kappa shape index (κ2) is 7.70. The number of rotatable bonds is 4. The van der Waals surface area contributed by atoms with Crippen LogP contribution in [-0.2, 0) is 17.8 Å². The minimum absolute atomic E-state index is 0.193. The van der Waals surface area contributed by atoms with E-state index in [1.165, 1.54) is 0 Å². The van der Waals surface area contributed by atoms with Crippen LogP contribution in [0.3, 0.4) is 0 Å². The van der Waals surface area contributed by atoms with Crippen molar-refractivity contribution < 1.29 is 26.3 Å². The van der Waals surface area contributed by atoms with Crippen LogP contribution in [0.5, 0.6) is 0 Å². The second-order valence-corrected chi connectivity index (χ2v) is 7.57. The first-order chi connectivity index (χ1) is 14.6. The zero-order valence-corrected chi connectivity index (χ0v) is 16.2. The van der Waals surface area contributed by atoms with Gasteiger partial charge in [-0.3, -0.25) is 0 Å². The molecule has 2 N–H and O–H groups in total. The average Bonchev–Trinajstić information content (AvgIpc) is 3.18. The van der Waals surface area contributed by atoms with Gasteiger partial charge in [0, 0.05) is 24.1 Å². The molecular weight excluding hydrogens is 424 g/mol. The Morgan fingerprint density at radius 1 is 0.935 bits per heavy atom. The summed E-state index contributed by atoms with van der Waals surface area (Å²) < 4.78 is 80.0. The van der Waals surface area contributed by atoms with E-state index in [0.717, 1.165) is 36.0 Å². The normalized spacial score (nSPS) is 17.1. The van der Waals surface area contributed by atoms with Crippen molar-refractivity contribution in [1.82, 2.24) is 19.9 Å². The SMILES string of the molecule is FC(F)(F)c1cc(NCC2(c3ccccc3)CCNCC2)n2nc(C(F)(F)F)cc2n1. The number of halogens is 6. The van der Waals surface area contributed by atoms with Crippen molar-refractivity contribution in [1.29, 1.82) is 0 Å². The Balaban J connectivity index is 1.74. The molecule has 0 saturated carbocycles. The largest absolute Gasteiger partial charge is 0.435 e. The minimum Gasteiger partial charge on any atom is -0.369 e. The van der Waals surface area contributed by atoms with E-state index in [4.69, 9.17) is 0 Å². The van der Waals surface area contributed by atoms with Crippen molar-refractivity contribution in [2.75, 3.05) is 25.0 Å². The van der Waals surface area contributed by atoms with Gasteiger partial charge in [-0.05, 0) is 31.5 Å². The smallest absolute Gasteiger partial charge is 0.369 e. The van der Waals surface area contributed by atoms with Crippen molar-refractivity contribution in [2.24, 2.45) is 0 Å². The molecule has 0 aliphatic carbocycles. The Kier molecular flexibility index (Phi) is 5.32. The van der Waals surface area contributed by atoms with Gasteiger partial charge < -0.3 is 10.6 Å². The maximum Gasteiger partial charge on any atom is 0.435 e. The molecule has 0 unspecified atom stereocenters. The number of aromatic nitrogens is 3. The van der Waals surface area contributed by atoms with E-state index in [2.05, 4.69) is 20.7 Å². The lowest BCUT2D eigenvalue weighted by molar-refractivity contribution is -0.142. The van der Waals surface area contributed by atoms with Crippen molar-refractivity contribution >= 4 is 11.5 Å². The lowest BCUT2D eigenvalue weighted by atomic mass is 9.73. The summed E-state index contributed by atoms with van der Waals surface area (Å²) in [6.45, 7) is 1.67. The van der Waals surface area contributed by atoms with Crippen molar-refractivity contribution in [2.45, 2.75) is 30.6 Å². The second-order valence-electron chi connectivity index (χ2n) is 7.57. The standard InChI is InChI=1S/C20H19F6N5/c21-19(22,23)14-10-16(31-17(29-14)11-15(30-31)20(24,25)26)28-12-18(6-8-27-9-7-18)13-4-2-1-3-5-13/h1-5,10-11,27-28H,6-9,12H2. The third kappa shape index (κ3) is 4.32. The zero-order valence-electron chi connectivity index (χ0n) is 16.2. The number of nitrogens with one attached hydrogen (secondary N) is 2. The molecule has 1 aromatic carbocycles. The number of fused-ring (bicyclic) bond motifs is 1. The van der Waals surface area contributed by atoms with Gasteiger partial charge in [0.2, 0.25) is 0 Å². The number of piperidine rings is 1. The molecule has 0 radical (unpaired) electrons. The highest BCUT2D eigenvalue weighted by atomic mass is 19.4.